The normalized spacial score (nSPS) is 14.1. The molecule has 2 aromatic carbocycles. The van der Waals surface area contributed by atoms with Gasteiger partial charge in [0.05, 0.1) is 30.2 Å². The molecule has 30 heavy (non-hydrogen) atoms. The second-order valence-corrected chi connectivity index (χ2v) is 7.11. The highest BCUT2D eigenvalue weighted by Crippen LogP contribution is 2.32. The largest absolute Gasteiger partial charge is 0.493 e. The molecule has 2 heterocycles. The summed E-state index contributed by atoms with van der Waals surface area (Å²) in [6.07, 6.45) is 3.54. The first-order chi connectivity index (χ1) is 14.5. The predicted octanol–water partition coefficient (Wildman–Crippen LogP) is 3.84. The molecule has 1 aliphatic rings. The lowest BCUT2D eigenvalue weighted by molar-refractivity contribution is 0.0697. The fraction of sp³-hybridized carbons (Fsp3) is 0.261. The van der Waals surface area contributed by atoms with Gasteiger partial charge in [0.1, 0.15) is 5.82 Å². The fourth-order valence-corrected chi connectivity index (χ4v) is 3.60. The number of nitrogens with zero attached hydrogens (tertiary/aromatic N) is 2. The number of carboxylic acid groups (broad SMARTS) is 1. The van der Waals surface area contributed by atoms with Crippen molar-refractivity contribution in [2.24, 2.45) is 0 Å². The number of hydrogen-bond donors (Lipinski definition) is 1. The Labute approximate surface area is 173 Å². The van der Waals surface area contributed by atoms with Crippen LogP contribution >= 0.6 is 0 Å². The summed E-state index contributed by atoms with van der Waals surface area (Å²) in [6.45, 7) is 3.17. The van der Waals surface area contributed by atoms with Gasteiger partial charge in [0, 0.05) is 6.54 Å². The zero-order valence-corrected chi connectivity index (χ0v) is 16.8. The highest BCUT2D eigenvalue weighted by molar-refractivity contribution is 5.93. The molecule has 0 fully saturated rings. The Morgan fingerprint density at radius 2 is 2.07 bits per heavy atom. The third-order valence-corrected chi connectivity index (χ3v) is 5.08. The third-order valence-electron chi connectivity index (χ3n) is 5.08. The Morgan fingerprint density at radius 1 is 1.23 bits per heavy atom. The number of benzene rings is 2. The van der Waals surface area contributed by atoms with Crippen LogP contribution in [0.1, 0.15) is 41.5 Å². The predicted molar refractivity (Wildman–Crippen MR) is 114 cm³/mol. The van der Waals surface area contributed by atoms with Crippen molar-refractivity contribution < 1.29 is 19.4 Å². The first-order valence-electron chi connectivity index (χ1n) is 9.81. The van der Waals surface area contributed by atoms with E-state index in [1.807, 2.05) is 31.2 Å². The Bertz CT molecular complexity index is 1230. The van der Waals surface area contributed by atoms with Gasteiger partial charge in [-0.3, -0.25) is 9.36 Å². The lowest BCUT2D eigenvalue weighted by Gasteiger charge is -2.11. The minimum atomic E-state index is -1.05. The van der Waals surface area contributed by atoms with E-state index >= 15 is 0 Å². The van der Waals surface area contributed by atoms with E-state index in [0.29, 0.717) is 47.8 Å². The topological polar surface area (TPSA) is 90.7 Å². The number of rotatable bonds is 6. The summed E-state index contributed by atoms with van der Waals surface area (Å²) in [5.74, 6) is 0.857. The van der Waals surface area contributed by atoms with Crippen LogP contribution in [0.4, 0.5) is 0 Å². The van der Waals surface area contributed by atoms with Crippen molar-refractivity contribution >= 4 is 28.5 Å². The average Bonchev–Trinajstić information content (AvgIpc) is 3.14. The molecule has 3 aromatic rings. The highest BCUT2D eigenvalue weighted by Gasteiger charge is 2.21. The van der Waals surface area contributed by atoms with Crippen LogP contribution in [0.2, 0.25) is 0 Å². The van der Waals surface area contributed by atoms with Crippen LogP contribution in [0.5, 0.6) is 11.5 Å². The van der Waals surface area contributed by atoms with Crippen molar-refractivity contribution in [1.82, 2.24) is 9.55 Å². The molecule has 4 rings (SSSR count). The van der Waals surface area contributed by atoms with Gasteiger partial charge in [0.15, 0.2) is 11.5 Å². The van der Waals surface area contributed by atoms with Crippen LogP contribution in [-0.2, 0) is 6.54 Å². The molecule has 1 N–H and O–H groups in total. The van der Waals surface area contributed by atoms with Gasteiger partial charge in [-0.2, -0.15) is 0 Å². The number of carboxylic acids is 1. The molecule has 154 valence electrons. The van der Waals surface area contributed by atoms with E-state index in [4.69, 9.17) is 9.47 Å². The number of ether oxygens (including phenoxy) is 2. The summed E-state index contributed by atoms with van der Waals surface area (Å²) in [7, 11) is 1.60. The van der Waals surface area contributed by atoms with Gasteiger partial charge >= 0.3 is 5.97 Å². The summed E-state index contributed by atoms with van der Waals surface area (Å²) in [5.41, 5.74) is 2.17. The van der Waals surface area contributed by atoms with Crippen LogP contribution in [0.15, 0.2) is 41.2 Å². The standard InChI is InChI=1S/C23H22N2O5/c1-3-10-30-20-12-14(4-7-19(20)29-2)11-15-8-9-25-21(15)24-18-13-16(23(27)28)5-6-17(18)22(25)26/h4-7,11-13H,3,8-10H2,1-2H3,(H,27,28)/b15-11+. The summed E-state index contributed by atoms with van der Waals surface area (Å²) in [5, 5.41) is 9.66. The Hall–Kier alpha value is -3.61. The van der Waals surface area contributed by atoms with Crippen molar-refractivity contribution in [2.45, 2.75) is 26.3 Å². The van der Waals surface area contributed by atoms with E-state index in [9.17, 15) is 14.7 Å². The van der Waals surface area contributed by atoms with Crippen LogP contribution in [0.25, 0.3) is 22.6 Å². The summed E-state index contributed by atoms with van der Waals surface area (Å²) in [4.78, 5) is 28.8. The van der Waals surface area contributed by atoms with Gasteiger partial charge in [-0.1, -0.05) is 13.0 Å². The minimum Gasteiger partial charge on any atom is -0.493 e. The number of carbonyl (C=O) groups is 1. The average molecular weight is 406 g/mol. The number of fused-ring (bicyclic) bond motifs is 2. The molecule has 0 saturated carbocycles. The molecule has 0 saturated heterocycles. The SMILES string of the molecule is CCCOc1cc(/C=C2\CCn3c2nc2cc(C(=O)O)ccc2c3=O)ccc1OC. The molecule has 0 amide bonds. The molecule has 0 bridgehead atoms. The van der Waals surface area contributed by atoms with Crippen LogP contribution in [0, 0.1) is 0 Å². The van der Waals surface area contributed by atoms with Crippen molar-refractivity contribution in [2.75, 3.05) is 13.7 Å². The Morgan fingerprint density at radius 3 is 2.80 bits per heavy atom. The first kappa shape index (κ1) is 19.7. The van der Waals surface area contributed by atoms with Gasteiger partial charge in [0.25, 0.3) is 5.56 Å². The zero-order valence-electron chi connectivity index (χ0n) is 16.8. The van der Waals surface area contributed by atoms with Crippen molar-refractivity contribution in [3.63, 3.8) is 0 Å². The second kappa shape index (κ2) is 8.02. The molecule has 0 atom stereocenters. The molecule has 7 nitrogen and oxygen atoms in total. The smallest absolute Gasteiger partial charge is 0.335 e. The molecule has 0 spiro atoms. The van der Waals surface area contributed by atoms with E-state index in [1.165, 1.54) is 18.2 Å². The number of allylic oxidation sites excluding steroid dienone is 1. The van der Waals surface area contributed by atoms with Gasteiger partial charge < -0.3 is 14.6 Å². The van der Waals surface area contributed by atoms with E-state index in [0.717, 1.165) is 17.6 Å². The maximum Gasteiger partial charge on any atom is 0.335 e. The van der Waals surface area contributed by atoms with Crippen molar-refractivity contribution in [1.29, 1.82) is 0 Å². The van der Waals surface area contributed by atoms with Crippen LogP contribution in [-0.4, -0.2) is 34.3 Å². The highest BCUT2D eigenvalue weighted by atomic mass is 16.5. The Balaban J connectivity index is 1.78. The van der Waals surface area contributed by atoms with Gasteiger partial charge in [-0.15, -0.1) is 0 Å². The maximum atomic E-state index is 12.9. The summed E-state index contributed by atoms with van der Waals surface area (Å²) >= 11 is 0. The summed E-state index contributed by atoms with van der Waals surface area (Å²) < 4.78 is 12.8. The fourth-order valence-electron chi connectivity index (χ4n) is 3.60. The maximum absolute atomic E-state index is 12.9. The lowest BCUT2D eigenvalue weighted by Crippen LogP contribution is -2.21. The van der Waals surface area contributed by atoms with Crippen LogP contribution < -0.4 is 15.0 Å². The molecule has 7 heteroatoms. The molecule has 1 aromatic heterocycles. The van der Waals surface area contributed by atoms with Crippen molar-refractivity contribution in [3.8, 4) is 11.5 Å². The zero-order chi connectivity index (χ0) is 21.3. The van der Waals surface area contributed by atoms with E-state index in [1.54, 1.807) is 11.7 Å². The molecule has 0 aliphatic carbocycles. The molecular formula is C23H22N2O5. The molecule has 1 aliphatic heterocycles. The van der Waals surface area contributed by atoms with Gasteiger partial charge in [0.2, 0.25) is 0 Å². The lowest BCUT2D eigenvalue weighted by atomic mass is 10.1. The quantitative estimate of drug-likeness (QED) is 0.669. The van der Waals surface area contributed by atoms with E-state index in [-0.39, 0.29) is 11.1 Å². The molecule has 0 radical (unpaired) electrons. The minimum absolute atomic E-state index is 0.107. The van der Waals surface area contributed by atoms with Gasteiger partial charge in [-0.05, 0) is 60.4 Å². The van der Waals surface area contributed by atoms with Crippen LogP contribution in [0.3, 0.4) is 0 Å². The molecular weight excluding hydrogens is 384 g/mol. The Kier molecular flexibility index (Phi) is 5.27. The molecule has 0 unspecified atom stereocenters. The number of aromatic nitrogens is 2. The third kappa shape index (κ3) is 3.54. The van der Waals surface area contributed by atoms with Gasteiger partial charge in [-0.25, -0.2) is 9.78 Å². The number of methoxy groups -OCH3 is 1. The van der Waals surface area contributed by atoms with Crippen molar-refractivity contribution in [3.05, 3.63) is 63.7 Å². The number of hydrogen-bond acceptors (Lipinski definition) is 5. The van der Waals surface area contributed by atoms with E-state index < -0.39 is 5.97 Å². The monoisotopic (exact) mass is 406 g/mol. The van der Waals surface area contributed by atoms with E-state index in [2.05, 4.69) is 4.98 Å². The second-order valence-electron chi connectivity index (χ2n) is 7.11. The number of aromatic carboxylic acids is 1. The first-order valence-corrected chi connectivity index (χ1v) is 9.81. The summed E-state index contributed by atoms with van der Waals surface area (Å²) in [6, 6.07) is 10.1.